The Hall–Kier alpha value is -2.34. The van der Waals surface area contributed by atoms with Crippen LogP contribution in [-0.4, -0.2) is 46.8 Å². The Morgan fingerprint density at radius 1 is 1.33 bits per heavy atom. The lowest BCUT2D eigenvalue weighted by Crippen LogP contribution is -2.33. The predicted molar refractivity (Wildman–Crippen MR) is 78.9 cm³/mol. The third-order valence-electron chi connectivity index (χ3n) is 3.41. The Labute approximate surface area is 122 Å². The van der Waals surface area contributed by atoms with Crippen molar-refractivity contribution in [2.75, 3.05) is 25.0 Å². The number of hydrogen-bond donors (Lipinski definition) is 3. The number of aliphatic hydroxyl groups is 1. The number of nitrogens with one attached hydrogen (secondary N) is 1. The van der Waals surface area contributed by atoms with Crippen LogP contribution in [-0.2, 0) is 4.79 Å². The molecule has 21 heavy (non-hydrogen) atoms. The van der Waals surface area contributed by atoms with Crippen LogP contribution in [0.5, 0.6) is 0 Å². The van der Waals surface area contributed by atoms with Gasteiger partial charge in [0.25, 0.3) is 0 Å². The largest absolute Gasteiger partial charge is 0.478 e. The van der Waals surface area contributed by atoms with Gasteiger partial charge in [-0.25, -0.2) is 9.59 Å². The predicted octanol–water partition coefficient (Wildman–Crippen LogP) is 1.63. The quantitative estimate of drug-likeness (QED) is 0.735. The zero-order valence-corrected chi connectivity index (χ0v) is 11.5. The fourth-order valence-corrected chi connectivity index (χ4v) is 2.21. The maximum Gasteiger partial charge on any atom is 0.328 e. The van der Waals surface area contributed by atoms with Crippen molar-refractivity contribution in [1.29, 1.82) is 0 Å². The molecule has 3 N–H and O–H groups in total. The number of benzene rings is 1. The number of carboxylic acid groups (broad SMARTS) is 1. The summed E-state index contributed by atoms with van der Waals surface area (Å²) in [5, 5.41) is 20.4. The van der Waals surface area contributed by atoms with E-state index in [4.69, 9.17) is 10.2 Å². The number of urea groups is 1. The Morgan fingerprint density at radius 3 is 2.62 bits per heavy atom. The fraction of sp³-hybridized carbons (Fsp3) is 0.333. The lowest BCUT2D eigenvalue weighted by molar-refractivity contribution is -0.131. The molecule has 1 fully saturated rings. The summed E-state index contributed by atoms with van der Waals surface area (Å²) in [6, 6.07) is 6.73. The lowest BCUT2D eigenvalue weighted by atomic mass is 10.1. The van der Waals surface area contributed by atoms with Gasteiger partial charge in [-0.3, -0.25) is 0 Å². The van der Waals surface area contributed by atoms with Crippen molar-refractivity contribution in [2.24, 2.45) is 5.92 Å². The van der Waals surface area contributed by atoms with Gasteiger partial charge in [0, 0.05) is 37.4 Å². The molecule has 0 spiro atoms. The number of aliphatic hydroxyl groups excluding tert-OH is 1. The van der Waals surface area contributed by atoms with Gasteiger partial charge in [-0.1, -0.05) is 12.1 Å². The molecule has 6 nitrogen and oxygen atoms in total. The second kappa shape index (κ2) is 6.90. The van der Waals surface area contributed by atoms with E-state index >= 15 is 0 Å². The van der Waals surface area contributed by atoms with Crippen molar-refractivity contribution in [2.45, 2.75) is 6.42 Å². The first-order chi connectivity index (χ1) is 10.1. The summed E-state index contributed by atoms with van der Waals surface area (Å²) in [6.07, 6.45) is 3.37. The lowest BCUT2D eigenvalue weighted by Gasteiger charge is -2.17. The summed E-state index contributed by atoms with van der Waals surface area (Å²) in [5.41, 5.74) is 1.40. The third kappa shape index (κ3) is 4.32. The van der Waals surface area contributed by atoms with Gasteiger partial charge >= 0.3 is 12.0 Å². The Morgan fingerprint density at radius 2 is 2.05 bits per heavy atom. The van der Waals surface area contributed by atoms with E-state index in [-0.39, 0.29) is 18.6 Å². The van der Waals surface area contributed by atoms with Gasteiger partial charge in [-0.15, -0.1) is 0 Å². The first-order valence-electron chi connectivity index (χ1n) is 6.76. The summed E-state index contributed by atoms with van der Waals surface area (Å²) in [7, 11) is 0. The summed E-state index contributed by atoms with van der Waals surface area (Å²) in [5.74, 6) is -0.834. The molecule has 0 aromatic heterocycles. The van der Waals surface area contributed by atoms with Gasteiger partial charge in [0.15, 0.2) is 0 Å². The summed E-state index contributed by atoms with van der Waals surface area (Å²) in [4.78, 5) is 24.1. The van der Waals surface area contributed by atoms with Crippen LogP contribution in [0.25, 0.3) is 6.08 Å². The van der Waals surface area contributed by atoms with Gasteiger partial charge in [0.05, 0.1) is 0 Å². The molecule has 0 saturated carbocycles. The Balaban J connectivity index is 1.91. The van der Waals surface area contributed by atoms with E-state index < -0.39 is 5.97 Å². The average Bonchev–Trinajstić information content (AvgIpc) is 2.95. The number of rotatable bonds is 4. The molecule has 0 aliphatic carbocycles. The molecule has 1 unspecified atom stereocenters. The van der Waals surface area contributed by atoms with Gasteiger partial charge in [0.1, 0.15) is 0 Å². The van der Waals surface area contributed by atoms with Gasteiger partial charge in [-0.2, -0.15) is 0 Å². The van der Waals surface area contributed by atoms with Crippen molar-refractivity contribution in [3.8, 4) is 0 Å². The number of amides is 2. The van der Waals surface area contributed by atoms with Crippen LogP contribution in [0, 0.1) is 5.92 Å². The molecule has 6 heteroatoms. The van der Waals surface area contributed by atoms with Crippen LogP contribution >= 0.6 is 0 Å². The highest BCUT2D eigenvalue weighted by atomic mass is 16.4. The van der Waals surface area contributed by atoms with Crippen molar-refractivity contribution >= 4 is 23.8 Å². The highest BCUT2D eigenvalue weighted by molar-refractivity contribution is 5.90. The average molecular weight is 290 g/mol. The maximum absolute atomic E-state index is 12.0. The molecular formula is C15H18N2O4. The van der Waals surface area contributed by atoms with Crippen molar-refractivity contribution in [3.63, 3.8) is 0 Å². The summed E-state index contributed by atoms with van der Waals surface area (Å²) >= 11 is 0. The van der Waals surface area contributed by atoms with E-state index in [0.717, 1.165) is 18.1 Å². The molecule has 2 rings (SSSR count). The monoisotopic (exact) mass is 290 g/mol. The number of likely N-dealkylation sites (tertiary alicyclic amines) is 1. The number of hydrogen-bond acceptors (Lipinski definition) is 3. The van der Waals surface area contributed by atoms with E-state index in [0.29, 0.717) is 18.8 Å². The van der Waals surface area contributed by atoms with E-state index in [9.17, 15) is 9.59 Å². The summed E-state index contributed by atoms with van der Waals surface area (Å²) in [6.45, 7) is 1.33. The number of carboxylic acids is 1. The number of carbonyl (C=O) groups is 2. The molecule has 112 valence electrons. The van der Waals surface area contributed by atoms with Crippen LogP contribution < -0.4 is 5.32 Å². The van der Waals surface area contributed by atoms with E-state index in [2.05, 4.69) is 5.32 Å². The second-order valence-corrected chi connectivity index (χ2v) is 5.01. The molecular weight excluding hydrogens is 272 g/mol. The van der Waals surface area contributed by atoms with Gasteiger partial charge in [0.2, 0.25) is 0 Å². The zero-order chi connectivity index (χ0) is 15.2. The van der Waals surface area contributed by atoms with E-state index in [1.54, 1.807) is 29.2 Å². The minimum atomic E-state index is -1.00. The molecule has 0 radical (unpaired) electrons. The molecule has 1 atom stereocenters. The van der Waals surface area contributed by atoms with Crippen LogP contribution in [0.3, 0.4) is 0 Å². The molecule has 1 saturated heterocycles. The van der Waals surface area contributed by atoms with Crippen molar-refractivity contribution in [1.82, 2.24) is 4.90 Å². The van der Waals surface area contributed by atoms with Crippen molar-refractivity contribution < 1.29 is 19.8 Å². The zero-order valence-electron chi connectivity index (χ0n) is 11.5. The topological polar surface area (TPSA) is 89.9 Å². The van der Waals surface area contributed by atoms with Crippen LogP contribution in [0.15, 0.2) is 30.3 Å². The molecule has 2 amide bonds. The second-order valence-electron chi connectivity index (χ2n) is 5.01. The first-order valence-corrected chi connectivity index (χ1v) is 6.76. The van der Waals surface area contributed by atoms with Gasteiger partial charge < -0.3 is 20.4 Å². The molecule has 1 aromatic carbocycles. The minimum absolute atomic E-state index is 0.106. The number of aliphatic carboxylic acids is 1. The number of anilines is 1. The maximum atomic E-state index is 12.0. The van der Waals surface area contributed by atoms with Crippen LogP contribution in [0.1, 0.15) is 12.0 Å². The first kappa shape index (κ1) is 15.1. The van der Waals surface area contributed by atoms with E-state index in [1.165, 1.54) is 6.08 Å². The highest BCUT2D eigenvalue weighted by Crippen LogP contribution is 2.17. The SMILES string of the molecule is O=C(O)/C=C/c1ccc(NC(=O)N2CCC(CO)C2)cc1. The summed E-state index contributed by atoms with van der Waals surface area (Å²) < 4.78 is 0. The van der Waals surface area contributed by atoms with E-state index in [1.807, 2.05) is 0 Å². The molecule has 0 bridgehead atoms. The molecule has 1 aliphatic heterocycles. The van der Waals surface area contributed by atoms with Crippen molar-refractivity contribution in [3.05, 3.63) is 35.9 Å². The number of carbonyl (C=O) groups excluding carboxylic acids is 1. The van der Waals surface area contributed by atoms with Crippen LogP contribution in [0.4, 0.5) is 10.5 Å². The Bertz CT molecular complexity index is 539. The minimum Gasteiger partial charge on any atom is -0.478 e. The Kier molecular flexibility index (Phi) is 4.94. The normalized spacial score (nSPS) is 18.1. The van der Waals surface area contributed by atoms with Crippen LogP contribution in [0.2, 0.25) is 0 Å². The smallest absolute Gasteiger partial charge is 0.328 e. The third-order valence-corrected chi connectivity index (χ3v) is 3.41. The van der Waals surface area contributed by atoms with Gasteiger partial charge in [-0.05, 0) is 30.2 Å². The number of nitrogens with zero attached hydrogens (tertiary/aromatic N) is 1. The highest BCUT2D eigenvalue weighted by Gasteiger charge is 2.25. The standard InChI is InChI=1S/C15H18N2O4/c18-10-12-7-8-17(9-12)15(21)16-13-4-1-11(2-5-13)3-6-14(19)20/h1-6,12,18H,7-10H2,(H,16,21)(H,19,20)/b6-3+. The fourth-order valence-electron chi connectivity index (χ4n) is 2.21. The molecule has 1 aromatic rings. The molecule has 1 heterocycles. The molecule has 1 aliphatic rings.